The maximum absolute atomic E-state index is 13.0. The third kappa shape index (κ3) is 3.47. The van der Waals surface area contributed by atoms with Crippen LogP contribution in [0.15, 0.2) is 16.1 Å². The van der Waals surface area contributed by atoms with Gasteiger partial charge in [-0.15, -0.1) is 11.3 Å². The lowest BCUT2D eigenvalue weighted by Gasteiger charge is -2.33. The van der Waals surface area contributed by atoms with Crippen LogP contribution in [0.5, 0.6) is 0 Å². The topological polar surface area (TPSA) is 77.7 Å². The van der Waals surface area contributed by atoms with Crippen LogP contribution in [0.2, 0.25) is 0 Å². The van der Waals surface area contributed by atoms with Gasteiger partial charge in [-0.25, -0.2) is 9.97 Å². The Bertz CT molecular complexity index is 738. The Hall–Kier alpha value is -1.77. The molecule has 0 bridgehead atoms. The zero-order valence-electron chi connectivity index (χ0n) is 14.1. The number of thiazole rings is 1. The van der Waals surface area contributed by atoms with Crippen molar-refractivity contribution in [3.05, 3.63) is 33.9 Å². The quantitative estimate of drug-likeness (QED) is 0.834. The summed E-state index contributed by atoms with van der Waals surface area (Å²) in [5.41, 5.74) is 1.32. The van der Waals surface area contributed by atoms with Crippen molar-refractivity contribution in [3.63, 3.8) is 0 Å². The van der Waals surface area contributed by atoms with E-state index in [-0.39, 0.29) is 17.9 Å². The van der Waals surface area contributed by atoms with Crippen LogP contribution in [0, 0.1) is 6.92 Å². The lowest BCUT2D eigenvalue weighted by molar-refractivity contribution is -0.00309. The molecule has 25 heavy (non-hydrogen) atoms. The van der Waals surface area contributed by atoms with E-state index in [0.29, 0.717) is 44.6 Å². The van der Waals surface area contributed by atoms with Gasteiger partial charge in [-0.05, 0) is 19.8 Å². The standard InChI is InChI=1S/C17H21N3O4S/c1-11-10-25-16(18-11)14-9-23-7-4-20(14)17(21)13-8-24-15(19-13)12-2-5-22-6-3-12/h8,10,12,14H,2-7,9H2,1H3. The van der Waals surface area contributed by atoms with E-state index in [2.05, 4.69) is 9.97 Å². The summed E-state index contributed by atoms with van der Waals surface area (Å²) < 4.78 is 16.6. The molecule has 2 saturated heterocycles. The Balaban J connectivity index is 1.53. The molecule has 2 aromatic heterocycles. The fraction of sp³-hybridized carbons (Fsp3) is 0.588. The van der Waals surface area contributed by atoms with Crippen molar-refractivity contribution in [1.29, 1.82) is 0 Å². The van der Waals surface area contributed by atoms with Gasteiger partial charge in [0.25, 0.3) is 5.91 Å². The third-order valence-electron chi connectivity index (χ3n) is 4.62. The summed E-state index contributed by atoms with van der Waals surface area (Å²) in [6.45, 7) is 4.90. The molecule has 2 fully saturated rings. The van der Waals surface area contributed by atoms with Gasteiger partial charge in [0, 0.05) is 36.8 Å². The summed E-state index contributed by atoms with van der Waals surface area (Å²) in [6, 6.07) is -0.164. The molecule has 2 aromatic rings. The van der Waals surface area contributed by atoms with E-state index in [1.54, 1.807) is 16.2 Å². The van der Waals surface area contributed by atoms with Gasteiger partial charge in [0.15, 0.2) is 11.6 Å². The number of oxazole rings is 1. The van der Waals surface area contributed by atoms with Gasteiger partial charge < -0.3 is 18.8 Å². The number of carbonyl (C=O) groups is 1. The fourth-order valence-electron chi connectivity index (χ4n) is 3.24. The first-order valence-electron chi connectivity index (χ1n) is 8.56. The van der Waals surface area contributed by atoms with Crippen LogP contribution in [0.4, 0.5) is 0 Å². The van der Waals surface area contributed by atoms with Crippen LogP contribution < -0.4 is 0 Å². The number of amides is 1. The van der Waals surface area contributed by atoms with Crippen LogP contribution in [-0.2, 0) is 9.47 Å². The van der Waals surface area contributed by atoms with Gasteiger partial charge in [-0.2, -0.15) is 0 Å². The molecule has 0 aromatic carbocycles. The Kier molecular flexibility index (Phi) is 4.82. The molecule has 0 radical (unpaired) electrons. The number of carbonyl (C=O) groups excluding carboxylic acids is 1. The van der Waals surface area contributed by atoms with Gasteiger partial charge in [0.2, 0.25) is 0 Å². The first kappa shape index (κ1) is 16.7. The molecule has 0 N–H and O–H groups in total. The van der Waals surface area contributed by atoms with Gasteiger partial charge in [0.05, 0.1) is 13.2 Å². The van der Waals surface area contributed by atoms with Gasteiger partial charge in [0.1, 0.15) is 17.3 Å². The smallest absolute Gasteiger partial charge is 0.276 e. The van der Waals surface area contributed by atoms with E-state index >= 15 is 0 Å². The van der Waals surface area contributed by atoms with E-state index in [4.69, 9.17) is 13.9 Å². The molecular formula is C17H21N3O4S. The lowest BCUT2D eigenvalue weighted by atomic mass is 10.0. The summed E-state index contributed by atoms with van der Waals surface area (Å²) >= 11 is 1.56. The van der Waals surface area contributed by atoms with Crippen molar-refractivity contribution in [1.82, 2.24) is 14.9 Å². The fourth-order valence-corrected chi connectivity index (χ4v) is 4.13. The lowest BCUT2D eigenvalue weighted by Crippen LogP contribution is -2.43. The third-order valence-corrected chi connectivity index (χ3v) is 5.69. The SMILES string of the molecule is Cc1csc(C2COCCN2C(=O)c2coc(C3CCOCC3)n2)n1. The van der Waals surface area contributed by atoms with Gasteiger partial charge >= 0.3 is 0 Å². The molecule has 1 atom stereocenters. The highest BCUT2D eigenvalue weighted by Gasteiger charge is 2.33. The number of nitrogens with zero attached hydrogens (tertiary/aromatic N) is 3. The van der Waals surface area contributed by atoms with Crippen molar-refractivity contribution < 1.29 is 18.7 Å². The summed E-state index contributed by atoms with van der Waals surface area (Å²) in [6.07, 6.45) is 3.24. The molecule has 7 nitrogen and oxygen atoms in total. The van der Waals surface area contributed by atoms with E-state index in [1.807, 2.05) is 12.3 Å². The molecule has 0 spiro atoms. The molecule has 4 rings (SSSR count). The molecular weight excluding hydrogens is 342 g/mol. The molecule has 134 valence electrons. The summed E-state index contributed by atoms with van der Waals surface area (Å²) in [4.78, 5) is 23.8. The molecule has 0 saturated carbocycles. The van der Waals surface area contributed by atoms with Crippen LogP contribution in [-0.4, -0.2) is 53.7 Å². The largest absolute Gasteiger partial charge is 0.448 e. The number of aromatic nitrogens is 2. The predicted octanol–water partition coefficient (Wildman–Crippen LogP) is 2.55. The number of rotatable bonds is 3. The van der Waals surface area contributed by atoms with Crippen molar-refractivity contribution in [2.45, 2.75) is 31.7 Å². The van der Waals surface area contributed by atoms with E-state index in [0.717, 1.165) is 23.5 Å². The summed E-state index contributed by atoms with van der Waals surface area (Å²) in [7, 11) is 0. The molecule has 1 unspecified atom stereocenters. The molecule has 8 heteroatoms. The van der Waals surface area contributed by atoms with Gasteiger partial charge in [-0.1, -0.05) is 0 Å². The highest BCUT2D eigenvalue weighted by atomic mass is 32.1. The van der Waals surface area contributed by atoms with Crippen LogP contribution in [0.3, 0.4) is 0 Å². The highest BCUT2D eigenvalue weighted by Crippen LogP contribution is 2.30. The number of hydrogen-bond donors (Lipinski definition) is 0. The van der Waals surface area contributed by atoms with Gasteiger partial charge in [-0.3, -0.25) is 4.79 Å². The number of aryl methyl sites for hydroxylation is 1. The highest BCUT2D eigenvalue weighted by molar-refractivity contribution is 7.09. The van der Waals surface area contributed by atoms with Crippen LogP contribution in [0.1, 0.15) is 51.9 Å². The second-order valence-electron chi connectivity index (χ2n) is 6.37. The Morgan fingerprint density at radius 2 is 2.08 bits per heavy atom. The van der Waals surface area contributed by atoms with E-state index in [9.17, 15) is 4.79 Å². The molecule has 1 amide bonds. The Morgan fingerprint density at radius 3 is 2.84 bits per heavy atom. The minimum absolute atomic E-state index is 0.122. The zero-order valence-corrected chi connectivity index (χ0v) is 15.0. The summed E-state index contributed by atoms with van der Waals surface area (Å²) in [5.74, 6) is 0.752. The maximum atomic E-state index is 13.0. The van der Waals surface area contributed by atoms with Crippen LogP contribution in [0.25, 0.3) is 0 Å². The average molecular weight is 363 g/mol. The molecule has 2 aliphatic rings. The molecule has 0 aliphatic carbocycles. The zero-order chi connectivity index (χ0) is 17.2. The summed E-state index contributed by atoms with van der Waals surface area (Å²) in [5, 5.41) is 2.89. The predicted molar refractivity (Wildman–Crippen MR) is 90.7 cm³/mol. The normalized spacial score (nSPS) is 22.3. The minimum Gasteiger partial charge on any atom is -0.448 e. The Labute approximate surface area is 150 Å². The maximum Gasteiger partial charge on any atom is 0.276 e. The molecule has 4 heterocycles. The second kappa shape index (κ2) is 7.23. The van der Waals surface area contributed by atoms with Crippen molar-refractivity contribution >= 4 is 17.2 Å². The Morgan fingerprint density at radius 1 is 1.24 bits per heavy atom. The second-order valence-corrected chi connectivity index (χ2v) is 7.26. The minimum atomic E-state index is -0.164. The van der Waals surface area contributed by atoms with E-state index < -0.39 is 0 Å². The molecule has 2 aliphatic heterocycles. The van der Waals surface area contributed by atoms with Crippen molar-refractivity contribution in [2.24, 2.45) is 0 Å². The van der Waals surface area contributed by atoms with E-state index in [1.165, 1.54) is 6.26 Å². The van der Waals surface area contributed by atoms with Crippen molar-refractivity contribution in [3.8, 4) is 0 Å². The number of morpholine rings is 1. The number of hydrogen-bond acceptors (Lipinski definition) is 7. The number of ether oxygens (including phenoxy) is 2. The average Bonchev–Trinajstić information content (AvgIpc) is 3.31. The van der Waals surface area contributed by atoms with Crippen LogP contribution >= 0.6 is 11.3 Å². The van der Waals surface area contributed by atoms with Crippen molar-refractivity contribution in [2.75, 3.05) is 33.0 Å². The first-order valence-corrected chi connectivity index (χ1v) is 9.44. The first-order chi connectivity index (χ1) is 12.2. The monoisotopic (exact) mass is 363 g/mol.